The SMILES string of the molecule is [B]C(=O)CN(C)C. The van der Waals surface area contributed by atoms with E-state index >= 15 is 0 Å². The second kappa shape index (κ2) is 2.80. The van der Waals surface area contributed by atoms with Crippen LogP contribution < -0.4 is 0 Å². The molecular formula is C4H8BNO. The maximum absolute atomic E-state index is 9.99. The van der Waals surface area contributed by atoms with E-state index in [0.717, 1.165) is 0 Å². The molecule has 0 fully saturated rings. The van der Waals surface area contributed by atoms with E-state index in [0.29, 0.717) is 6.54 Å². The van der Waals surface area contributed by atoms with E-state index in [1.807, 2.05) is 0 Å². The third-order valence-electron chi connectivity index (χ3n) is 0.472. The number of rotatable bonds is 2. The number of hydrogen-bond acceptors (Lipinski definition) is 2. The van der Waals surface area contributed by atoms with Crippen molar-refractivity contribution in [1.82, 2.24) is 4.90 Å². The summed E-state index contributed by atoms with van der Waals surface area (Å²) in [6.07, 6.45) is 0. The average Bonchev–Trinajstić information content (AvgIpc) is 1.27. The van der Waals surface area contributed by atoms with E-state index in [9.17, 15) is 4.79 Å². The Labute approximate surface area is 44.9 Å². The molecule has 0 aliphatic heterocycles. The Kier molecular flexibility index (Phi) is 2.68. The predicted octanol–water partition coefficient (Wildman–Crippen LogP) is -0.757. The number of carbonyl (C=O) groups is 1. The quantitative estimate of drug-likeness (QED) is 0.422. The number of carbonyl (C=O) groups excluding carboxylic acids is 1. The van der Waals surface area contributed by atoms with Crippen LogP contribution in [0.3, 0.4) is 0 Å². The first-order valence-corrected chi connectivity index (χ1v) is 2.06. The zero-order valence-electron chi connectivity index (χ0n) is 4.64. The molecule has 7 heavy (non-hydrogen) atoms. The summed E-state index contributed by atoms with van der Waals surface area (Å²) < 4.78 is 0. The molecule has 0 saturated heterocycles. The zero-order chi connectivity index (χ0) is 5.86. The third kappa shape index (κ3) is 5.69. The highest BCUT2D eigenvalue weighted by Gasteiger charge is 1.90. The van der Waals surface area contributed by atoms with Crippen LogP contribution in [0.2, 0.25) is 0 Å². The molecule has 0 unspecified atom stereocenters. The van der Waals surface area contributed by atoms with Crippen LogP contribution in [0.1, 0.15) is 0 Å². The fraction of sp³-hybridized carbons (Fsp3) is 0.750. The van der Waals surface area contributed by atoms with Gasteiger partial charge in [0.15, 0.2) is 7.85 Å². The standard InChI is InChI=1S/C4H8BNO/c1-6(2)3-4(5)7/h3H2,1-2H3. The number of likely N-dealkylation sites (N-methyl/N-ethyl adjacent to an activating group) is 1. The maximum Gasteiger partial charge on any atom is 0.169 e. The molecule has 0 saturated carbocycles. The number of hydrogen-bond donors (Lipinski definition) is 0. The lowest BCUT2D eigenvalue weighted by molar-refractivity contribution is -0.112. The monoisotopic (exact) mass is 97.1 g/mol. The lowest BCUT2D eigenvalue weighted by atomic mass is 10.0. The first-order chi connectivity index (χ1) is 3.13. The summed E-state index contributed by atoms with van der Waals surface area (Å²) >= 11 is 0. The summed E-state index contributed by atoms with van der Waals surface area (Å²) in [5.41, 5.74) is -0.287. The summed E-state index contributed by atoms with van der Waals surface area (Å²) in [5, 5.41) is 0. The summed E-state index contributed by atoms with van der Waals surface area (Å²) in [6, 6.07) is 0. The Hall–Kier alpha value is -0.305. The van der Waals surface area contributed by atoms with Crippen molar-refractivity contribution >= 4 is 13.5 Å². The van der Waals surface area contributed by atoms with Gasteiger partial charge in [-0.25, -0.2) is 0 Å². The normalized spacial score (nSPS) is 9.57. The molecule has 0 aromatic heterocycles. The summed E-state index contributed by atoms with van der Waals surface area (Å²) in [4.78, 5) is 11.7. The van der Waals surface area contributed by atoms with Crippen molar-refractivity contribution in [2.75, 3.05) is 20.6 Å². The van der Waals surface area contributed by atoms with Crippen LogP contribution in [0.15, 0.2) is 0 Å². The minimum Gasteiger partial charge on any atom is -0.311 e. The molecule has 0 amide bonds. The van der Waals surface area contributed by atoms with Crippen molar-refractivity contribution in [3.63, 3.8) is 0 Å². The minimum atomic E-state index is -0.287. The molecule has 0 aromatic carbocycles. The van der Waals surface area contributed by atoms with Gasteiger partial charge in [-0.1, -0.05) is 0 Å². The van der Waals surface area contributed by atoms with Gasteiger partial charge in [0, 0.05) is 6.54 Å². The smallest absolute Gasteiger partial charge is 0.169 e. The largest absolute Gasteiger partial charge is 0.311 e. The molecule has 0 rings (SSSR count). The van der Waals surface area contributed by atoms with Gasteiger partial charge in [-0.15, -0.1) is 0 Å². The summed E-state index contributed by atoms with van der Waals surface area (Å²) in [6.45, 7) is 0.333. The Morgan fingerprint density at radius 3 is 2.14 bits per heavy atom. The van der Waals surface area contributed by atoms with Crippen molar-refractivity contribution in [3.05, 3.63) is 0 Å². The van der Waals surface area contributed by atoms with Crippen LogP contribution >= 0.6 is 0 Å². The molecule has 0 bridgehead atoms. The minimum absolute atomic E-state index is 0.287. The van der Waals surface area contributed by atoms with Crippen LogP contribution in [0.25, 0.3) is 0 Å². The molecule has 2 radical (unpaired) electrons. The molecule has 0 aliphatic rings. The molecule has 38 valence electrons. The van der Waals surface area contributed by atoms with Gasteiger partial charge in [0.05, 0.1) is 5.68 Å². The van der Waals surface area contributed by atoms with Crippen molar-refractivity contribution in [2.45, 2.75) is 0 Å². The summed E-state index contributed by atoms with van der Waals surface area (Å²) in [7, 11) is 8.41. The zero-order valence-corrected chi connectivity index (χ0v) is 4.64. The number of nitrogens with zero attached hydrogens (tertiary/aromatic N) is 1. The van der Waals surface area contributed by atoms with Crippen molar-refractivity contribution in [2.24, 2.45) is 0 Å². The average molecular weight is 96.9 g/mol. The van der Waals surface area contributed by atoms with E-state index in [2.05, 4.69) is 0 Å². The molecule has 3 heteroatoms. The Balaban J connectivity index is 3.13. The second-order valence-electron chi connectivity index (χ2n) is 1.70. The van der Waals surface area contributed by atoms with Crippen molar-refractivity contribution in [3.8, 4) is 0 Å². The van der Waals surface area contributed by atoms with E-state index in [1.165, 1.54) is 0 Å². The van der Waals surface area contributed by atoms with Gasteiger partial charge in [0.2, 0.25) is 0 Å². The molecule has 0 N–H and O–H groups in total. The molecule has 0 aliphatic carbocycles. The maximum atomic E-state index is 9.99. The molecular weight excluding hydrogens is 88.9 g/mol. The van der Waals surface area contributed by atoms with Crippen LogP contribution in [0.5, 0.6) is 0 Å². The van der Waals surface area contributed by atoms with Gasteiger partial charge in [0.1, 0.15) is 0 Å². The van der Waals surface area contributed by atoms with Gasteiger partial charge in [0.25, 0.3) is 0 Å². The molecule has 0 heterocycles. The molecule has 0 spiro atoms. The first kappa shape index (κ1) is 6.69. The van der Waals surface area contributed by atoms with Gasteiger partial charge >= 0.3 is 0 Å². The fourth-order valence-corrected chi connectivity index (χ4v) is 0.312. The van der Waals surface area contributed by atoms with Crippen molar-refractivity contribution < 1.29 is 4.79 Å². The van der Waals surface area contributed by atoms with Gasteiger partial charge in [-0.2, -0.15) is 0 Å². The van der Waals surface area contributed by atoms with E-state index < -0.39 is 0 Å². The third-order valence-corrected chi connectivity index (χ3v) is 0.472. The predicted molar refractivity (Wildman–Crippen MR) is 29.3 cm³/mol. The Morgan fingerprint density at radius 2 is 2.14 bits per heavy atom. The molecule has 0 atom stereocenters. The van der Waals surface area contributed by atoms with E-state index in [-0.39, 0.29) is 5.68 Å². The highest BCUT2D eigenvalue weighted by molar-refractivity contribution is 6.58. The lowest BCUT2D eigenvalue weighted by Crippen LogP contribution is -2.21. The van der Waals surface area contributed by atoms with Crippen LogP contribution in [-0.4, -0.2) is 39.1 Å². The van der Waals surface area contributed by atoms with E-state index in [4.69, 9.17) is 7.85 Å². The Morgan fingerprint density at radius 1 is 1.71 bits per heavy atom. The van der Waals surface area contributed by atoms with E-state index in [1.54, 1.807) is 19.0 Å². The highest BCUT2D eigenvalue weighted by Crippen LogP contribution is 1.69. The molecule has 2 nitrogen and oxygen atoms in total. The Bertz CT molecular complexity index is 72.1. The van der Waals surface area contributed by atoms with Crippen LogP contribution in [-0.2, 0) is 4.79 Å². The fourth-order valence-electron chi connectivity index (χ4n) is 0.312. The second-order valence-corrected chi connectivity index (χ2v) is 1.70. The highest BCUT2D eigenvalue weighted by atomic mass is 16.1. The molecule has 0 aromatic rings. The topological polar surface area (TPSA) is 20.3 Å². The van der Waals surface area contributed by atoms with Gasteiger partial charge in [-0.05, 0) is 14.1 Å². The first-order valence-electron chi connectivity index (χ1n) is 2.06. The summed E-state index contributed by atoms with van der Waals surface area (Å²) in [5.74, 6) is 0. The van der Waals surface area contributed by atoms with Crippen LogP contribution in [0.4, 0.5) is 0 Å². The van der Waals surface area contributed by atoms with Gasteiger partial charge in [-0.3, -0.25) is 0 Å². The van der Waals surface area contributed by atoms with Crippen LogP contribution in [0, 0.1) is 0 Å². The lowest BCUT2D eigenvalue weighted by Gasteiger charge is -2.03. The van der Waals surface area contributed by atoms with Crippen molar-refractivity contribution in [1.29, 1.82) is 0 Å². The van der Waals surface area contributed by atoms with Gasteiger partial charge < -0.3 is 9.69 Å².